The maximum absolute atomic E-state index is 11.5. The molecule has 11 heteroatoms. The molecule has 0 saturated carbocycles. The van der Waals surface area contributed by atoms with Crippen LogP contribution in [0, 0.1) is 10.8 Å². The Bertz CT molecular complexity index is 930. The molecule has 142 valence electrons. The Kier molecular flexibility index (Phi) is 5.98. The van der Waals surface area contributed by atoms with Gasteiger partial charge >= 0.3 is 0 Å². The smallest absolute Gasteiger partial charge is 0.267 e. The molecule has 0 spiro atoms. The second-order valence-corrected chi connectivity index (χ2v) is 5.42. The lowest BCUT2D eigenvalue weighted by Crippen LogP contribution is -2.24. The van der Waals surface area contributed by atoms with Crippen LogP contribution >= 0.6 is 0 Å². The molecular formula is C16H21N9O2. The minimum atomic E-state index is -0.760. The number of nitrogens with zero attached hydrogens (tertiary/aromatic N) is 4. The molecule has 2 rings (SSSR count). The maximum Gasteiger partial charge on any atom is 0.267 e. The Balaban J connectivity index is 2.56. The number of nitrogens with one attached hydrogen (secondary N) is 3. The number of primary amides is 1. The van der Waals surface area contributed by atoms with E-state index >= 15 is 0 Å². The summed E-state index contributed by atoms with van der Waals surface area (Å²) >= 11 is 0. The van der Waals surface area contributed by atoms with Gasteiger partial charge in [-0.05, 0) is 19.1 Å². The van der Waals surface area contributed by atoms with Crippen molar-refractivity contribution in [2.75, 3.05) is 12.4 Å². The van der Waals surface area contributed by atoms with Crippen molar-refractivity contribution in [2.24, 2.45) is 16.5 Å². The van der Waals surface area contributed by atoms with Gasteiger partial charge in [0.25, 0.3) is 5.91 Å². The molecule has 8 N–H and O–H groups in total. The highest BCUT2D eigenvalue weighted by atomic mass is 16.3. The summed E-state index contributed by atoms with van der Waals surface area (Å²) in [6, 6.07) is 2.94. The standard InChI is InChI=1S/C16H21N9O2/c1-3-25-12(4-8(7-26)24-25)14(18)23-15(19)13-9(6-17)10(21-2)5-11(22-13)16(20)27/h4-6,17,26H,3,7H2,1-2H3,(H2,20,27)(H,21,22)(H3,18,19,23). The molecule has 0 aromatic carbocycles. The lowest BCUT2D eigenvalue weighted by atomic mass is 10.1. The molecular weight excluding hydrogens is 350 g/mol. The van der Waals surface area contributed by atoms with Gasteiger partial charge in [0.1, 0.15) is 17.1 Å². The molecule has 0 saturated heterocycles. The Hall–Kier alpha value is -3.60. The van der Waals surface area contributed by atoms with Crippen molar-refractivity contribution < 1.29 is 9.90 Å². The fraction of sp³-hybridized carbons (Fsp3) is 0.250. The third kappa shape index (κ3) is 3.98. The minimum absolute atomic E-state index is 0.0502. The van der Waals surface area contributed by atoms with Gasteiger partial charge in [-0.3, -0.25) is 14.9 Å². The van der Waals surface area contributed by atoms with Gasteiger partial charge in [0.2, 0.25) is 0 Å². The molecule has 2 aromatic rings. The van der Waals surface area contributed by atoms with E-state index in [1.807, 2.05) is 6.92 Å². The van der Waals surface area contributed by atoms with Gasteiger partial charge in [-0.25, -0.2) is 9.98 Å². The summed E-state index contributed by atoms with van der Waals surface area (Å²) in [6.07, 6.45) is 1.02. The van der Waals surface area contributed by atoms with E-state index < -0.39 is 5.91 Å². The average molecular weight is 371 g/mol. The van der Waals surface area contributed by atoms with Crippen LogP contribution in [-0.4, -0.2) is 50.7 Å². The molecule has 0 atom stereocenters. The molecule has 0 aliphatic heterocycles. The number of amidine groups is 2. The van der Waals surface area contributed by atoms with E-state index in [2.05, 4.69) is 20.4 Å². The zero-order valence-corrected chi connectivity index (χ0v) is 14.9. The molecule has 0 fully saturated rings. The Labute approximate surface area is 155 Å². The summed E-state index contributed by atoms with van der Waals surface area (Å²) < 4.78 is 1.51. The molecule has 0 bridgehead atoms. The first-order chi connectivity index (χ1) is 12.9. The largest absolute Gasteiger partial charge is 0.390 e. The third-order valence-electron chi connectivity index (χ3n) is 3.73. The van der Waals surface area contributed by atoms with Crippen molar-refractivity contribution in [3.05, 3.63) is 40.5 Å². The Morgan fingerprint density at radius 3 is 2.67 bits per heavy atom. The Morgan fingerprint density at radius 1 is 1.44 bits per heavy atom. The molecule has 27 heavy (non-hydrogen) atoms. The average Bonchev–Trinajstić information content (AvgIpc) is 3.10. The van der Waals surface area contributed by atoms with Crippen molar-refractivity contribution in [2.45, 2.75) is 20.1 Å². The number of aliphatic hydroxyl groups is 1. The highest BCUT2D eigenvalue weighted by Gasteiger charge is 2.18. The summed E-state index contributed by atoms with van der Waals surface area (Å²) in [4.78, 5) is 19.7. The fourth-order valence-corrected chi connectivity index (χ4v) is 2.44. The van der Waals surface area contributed by atoms with Crippen molar-refractivity contribution in [1.82, 2.24) is 14.8 Å². The van der Waals surface area contributed by atoms with Crippen LogP contribution in [0.1, 0.15) is 40.1 Å². The zero-order chi connectivity index (χ0) is 20.1. The number of carbonyl (C=O) groups is 1. The second-order valence-electron chi connectivity index (χ2n) is 5.42. The first-order valence-corrected chi connectivity index (χ1v) is 8.00. The topological polar surface area (TPSA) is 192 Å². The third-order valence-corrected chi connectivity index (χ3v) is 3.73. The van der Waals surface area contributed by atoms with Gasteiger partial charge in [0, 0.05) is 31.1 Å². The molecule has 2 heterocycles. The number of anilines is 1. The summed E-state index contributed by atoms with van der Waals surface area (Å²) in [7, 11) is 1.61. The SMILES string of the molecule is CCn1nc(CO)cc1C(=N)/N=C(\N)c1nc(C(N)=O)cc(NC)c1C=N. The molecule has 0 aliphatic carbocycles. The van der Waals surface area contributed by atoms with Crippen LogP contribution in [0.25, 0.3) is 0 Å². The van der Waals surface area contributed by atoms with Crippen LogP contribution in [0.5, 0.6) is 0 Å². The molecule has 1 amide bonds. The van der Waals surface area contributed by atoms with E-state index in [0.29, 0.717) is 29.2 Å². The number of hydrogen-bond donors (Lipinski definition) is 6. The molecule has 0 radical (unpaired) electrons. The van der Waals surface area contributed by atoms with Crippen LogP contribution in [0.15, 0.2) is 17.1 Å². The van der Waals surface area contributed by atoms with Crippen molar-refractivity contribution in [3.63, 3.8) is 0 Å². The van der Waals surface area contributed by atoms with Crippen LogP contribution in [0.4, 0.5) is 5.69 Å². The van der Waals surface area contributed by atoms with E-state index in [1.165, 1.54) is 16.8 Å². The number of hydrogen-bond acceptors (Lipinski definition) is 7. The Morgan fingerprint density at radius 2 is 2.15 bits per heavy atom. The maximum atomic E-state index is 11.5. The predicted octanol–water partition coefficient (Wildman–Crippen LogP) is -0.341. The van der Waals surface area contributed by atoms with Gasteiger partial charge in [0.05, 0.1) is 12.3 Å². The van der Waals surface area contributed by atoms with Crippen molar-refractivity contribution >= 4 is 29.5 Å². The number of rotatable bonds is 7. The van der Waals surface area contributed by atoms with E-state index in [0.717, 1.165) is 6.21 Å². The number of pyridine rings is 1. The van der Waals surface area contributed by atoms with E-state index in [-0.39, 0.29) is 29.7 Å². The predicted molar refractivity (Wildman–Crippen MR) is 102 cm³/mol. The monoisotopic (exact) mass is 371 g/mol. The van der Waals surface area contributed by atoms with Crippen LogP contribution in [0.2, 0.25) is 0 Å². The van der Waals surface area contributed by atoms with Gasteiger partial charge in [-0.1, -0.05) is 0 Å². The van der Waals surface area contributed by atoms with Crippen LogP contribution < -0.4 is 16.8 Å². The number of carbonyl (C=O) groups excluding carboxylic acids is 1. The summed E-state index contributed by atoms with van der Waals surface area (Å²) in [6.45, 7) is 2.04. The number of nitrogens with two attached hydrogens (primary N) is 2. The molecule has 0 aliphatic rings. The molecule has 0 unspecified atom stereocenters. The first-order valence-electron chi connectivity index (χ1n) is 8.00. The fourth-order valence-electron chi connectivity index (χ4n) is 2.44. The summed E-state index contributed by atoms with van der Waals surface area (Å²) in [5, 5.41) is 32.0. The summed E-state index contributed by atoms with van der Waals surface area (Å²) in [5.41, 5.74) is 12.8. The normalized spacial score (nSPS) is 11.3. The van der Waals surface area contributed by atoms with Crippen molar-refractivity contribution in [3.8, 4) is 0 Å². The van der Waals surface area contributed by atoms with E-state index in [1.54, 1.807) is 7.05 Å². The van der Waals surface area contributed by atoms with E-state index in [4.69, 9.17) is 22.3 Å². The van der Waals surface area contributed by atoms with Gasteiger partial charge in [-0.2, -0.15) is 5.10 Å². The summed E-state index contributed by atoms with van der Waals surface area (Å²) in [5.74, 6) is -1.12. The quantitative estimate of drug-likeness (QED) is 0.284. The minimum Gasteiger partial charge on any atom is -0.390 e. The number of aliphatic hydroxyl groups excluding tert-OH is 1. The number of aromatic nitrogens is 3. The van der Waals surface area contributed by atoms with Crippen LogP contribution in [0.3, 0.4) is 0 Å². The van der Waals surface area contributed by atoms with Crippen LogP contribution in [-0.2, 0) is 13.2 Å². The van der Waals surface area contributed by atoms with Gasteiger partial charge in [-0.15, -0.1) is 0 Å². The molecule has 2 aromatic heterocycles. The van der Waals surface area contributed by atoms with Gasteiger partial charge in [0.15, 0.2) is 11.7 Å². The lowest BCUT2D eigenvalue weighted by molar-refractivity contribution is 0.0995. The highest BCUT2D eigenvalue weighted by Crippen LogP contribution is 2.18. The van der Waals surface area contributed by atoms with E-state index in [9.17, 15) is 9.90 Å². The zero-order valence-electron chi connectivity index (χ0n) is 14.9. The lowest BCUT2D eigenvalue weighted by Gasteiger charge is -2.12. The number of aryl methyl sites for hydroxylation is 1. The first kappa shape index (κ1) is 19.7. The number of aliphatic imine (C=N–C) groups is 1. The number of amides is 1. The highest BCUT2D eigenvalue weighted by molar-refractivity contribution is 6.12. The second kappa shape index (κ2) is 8.19. The van der Waals surface area contributed by atoms with Crippen molar-refractivity contribution in [1.29, 1.82) is 10.8 Å². The van der Waals surface area contributed by atoms with Gasteiger partial charge < -0.3 is 27.3 Å². The molecule has 11 nitrogen and oxygen atoms in total.